The molecule has 228 valence electrons. The van der Waals surface area contributed by atoms with E-state index in [1.165, 1.54) is 21.9 Å². The Hall–Kier alpha value is -2.68. The molecule has 0 saturated heterocycles. The number of ether oxygens (including phenoxy) is 1. The van der Waals surface area contributed by atoms with Gasteiger partial charge in [0.05, 0.1) is 16.5 Å². The number of rotatable bonds is 6. The highest BCUT2D eigenvalue weighted by Gasteiger charge is 2.67. The van der Waals surface area contributed by atoms with Crippen molar-refractivity contribution in [3.8, 4) is 0 Å². The van der Waals surface area contributed by atoms with Crippen molar-refractivity contribution in [1.82, 2.24) is 0 Å². The van der Waals surface area contributed by atoms with Gasteiger partial charge in [-0.25, -0.2) is 4.79 Å². The highest BCUT2D eigenvalue weighted by Crippen LogP contribution is 2.65. The van der Waals surface area contributed by atoms with Gasteiger partial charge in [-0.2, -0.15) is 0 Å². The van der Waals surface area contributed by atoms with Crippen LogP contribution < -0.4 is 15.1 Å². The van der Waals surface area contributed by atoms with Crippen molar-refractivity contribution >= 4 is 93.0 Å². The van der Waals surface area contributed by atoms with E-state index in [0.717, 1.165) is 5.56 Å². The SMILES string of the molecule is Cc1cc(N(C)C(=O)OC(C)(C)C)ccc1N(C)C(=O)c1cc(NC(=O)C2C(c3cc(Cl)cc(Cl)c3)C2(Cl)Cl)ccc1Cl. The van der Waals surface area contributed by atoms with E-state index in [0.29, 0.717) is 32.7 Å². The van der Waals surface area contributed by atoms with E-state index in [9.17, 15) is 14.4 Å². The molecule has 1 aliphatic rings. The van der Waals surface area contributed by atoms with Crippen molar-refractivity contribution < 1.29 is 19.1 Å². The normalized spacial score (nSPS) is 17.2. The van der Waals surface area contributed by atoms with Gasteiger partial charge >= 0.3 is 6.09 Å². The molecule has 43 heavy (non-hydrogen) atoms. The van der Waals surface area contributed by atoms with E-state index < -0.39 is 39.7 Å². The Morgan fingerprint density at radius 1 is 0.884 bits per heavy atom. The summed E-state index contributed by atoms with van der Waals surface area (Å²) in [4.78, 5) is 42.1. The van der Waals surface area contributed by atoms with E-state index in [1.54, 1.807) is 77.3 Å². The number of nitrogens with one attached hydrogen (secondary N) is 1. The fraction of sp³-hybridized carbons (Fsp3) is 0.323. The number of nitrogens with zero attached hydrogens (tertiary/aromatic N) is 2. The average Bonchev–Trinajstić information content (AvgIpc) is 3.48. The first kappa shape index (κ1) is 33.2. The van der Waals surface area contributed by atoms with Crippen LogP contribution in [0.4, 0.5) is 21.9 Å². The second-order valence-electron chi connectivity index (χ2n) is 11.4. The fourth-order valence-corrected chi connectivity index (χ4v) is 6.33. The quantitative estimate of drug-likeness (QED) is 0.263. The summed E-state index contributed by atoms with van der Waals surface area (Å²) in [5.41, 5.74) is 2.48. The van der Waals surface area contributed by atoms with E-state index in [2.05, 4.69) is 5.32 Å². The summed E-state index contributed by atoms with van der Waals surface area (Å²) >= 11 is 31.7. The molecule has 0 radical (unpaired) electrons. The molecule has 0 aliphatic heterocycles. The third kappa shape index (κ3) is 7.35. The van der Waals surface area contributed by atoms with Gasteiger partial charge in [0.1, 0.15) is 9.93 Å². The van der Waals surface area contributed by atoms with Gasteiger partial charge < -0.3 is 15.0 Å². The second kappa shape index (κ2) is 12.4. The third-order valence-electron chi connectivity index (χ3n) is 6.95. The monoisotopic (exact) mass is 683 g/mol. The molecule has 7 nitrogen and oxygen atoms in total. The minimum absolute atomic E-state index is 0.174. The van der Waals surface area contributed by atoms with Crippen LogP contribution in [0.1, 0.15) is 48.2 Å². The van der Waals surface area contributed by atoms with Crippen molar-refractivity contribution in [2.45, 2.75) is 43.5 Å². The molecule has 0 bridgehead atoms. The van der Waals surface area contributed by atoms with Gasteiger partial charge in [-0.15, -0.1) is 23.2 Å². The molecule has 2 atom stereocenters. The Balaban J connectivity index is 1.50. The minimum atomic E-state index is -1.36. The number of benzene rings is 3. The van der Waals surface area contributed by atoms with E-state index in [4.69, 9.17) is 62.7 Å². The van der Waals surface area contributed by atoms with Crippen LogP contribution in [0, 0.1) is 12.8 Å². The van der Waals surface area contributed by atoms with Crippen LogP contribution in [-0.4, -0.2) is 41.9 Å². The maximum absolute atomic E-state index is 13.6. The molecule has 3 aromatic carbocycles. The van der Waals surface area contributed by atoms with Crippen LogP contribution >= 0.6 is 58.0 Å². The zero-order valence-corrected chi connectivity index (χ0v) is 28.0. The first-order valence-corrected chi connectivity index (χ1v) is 15.1. The Kier molecular flexibility index (Phi) is 9.56. The van der Waals surface area contributed by atoms with Crippen molar-refractivity contribution in [3.05, 3.63) is 86.4 Å². The average molecular weight is 686 g/mol. The summed E-state index contributed by atoms with van der Waals surface area (Å²) in [7, 11) is 3.23. The van der Waals surface area contributed by atoms with Gasteiger partial charge in [0, 0.05) is 47.1 Å². The second-order valence-corrected chi connectivity index (χ2v) is 14.1. The molecule has 12 heteroatoms. The minimum Gasteiger partial charge on any atom is -0.443 e. The lowest BCUT2D eigenvalue weighted by molar-refractivity contribution is -0.117. The van der Waals surface area contributed by atoms with Crippen molar-refractivity contribution in [3.63, 3.8) is 0 Å². The Labute approximate surface area is 275 Å². The molecule has 3 amide bonds. The van der Waals surface area contributed by atoms with Gasteiger partial charge in [-0.1, -0.05) is 34.8 Å². The molecular formula is C31H30Cl5N3O4. The first-order valence-electron chi connectivity index (χ1n) is 13.2. The molecule has 0 spiro atoms. The van der Waals surface area contributed by atoms with Crippen LogP contribution in [0.5, 0.6) is 0 Å². The summed E-state index contributed by atoms with van der Waals surface area (Å²) < 4.78 is 4.08. The van der Waals surface area contributed by atoms with Crippen molar-refractivity contribution in [2.75, 3.05) is 29.2 Å². The van der Waals surface area contributed by atoms with E-state index >= 15 is 0 Å². The van der Waals surface area contributed by atoms with Crippen LogP contribution in [0.25, 0.3) is 0 Å². The van der Waals surface area contributed by atoms with E-state index in [1.807, 2.05) is 6.92 Å². The molecule has 3 aromatic rings. The number of alkyl halides is 2. The Bertz CT molecular complexity index is 1580. The summed E-state index contributed by atoms with van der Waals surface area (Å²) in [6.07, 6.45) is -0.496. The van der Waals surface area contributed by atoms with Gasteiger partial charge in [-0.05, 0) is 93.4 Å². The predicted octanol–water partition coefficient (Wildman–Crippen LogP) is 9.13. The van der Waals surface area contributed by atoms with Gasteiger partial charge in [0.2, 0.25) is 5.91 Å². The van der Waals surface area contributed by atoms with Crippen molar-refractivity contribution in [1.29, 1.82) is 0 Å². The number of anilines is 3. The number of carbonyl (C=O) groups excluding carboxylic acids is 3. The third-order valence-corrected chi connectivity index (χ3v) is 8.65. The molecule has 0 aromatic heterocycles. The maximum Gasteiger partial charge on any atom is 0.414 e. The lowest BCUT2D eigenvalue weighted by Gasteiger charge is -2.26. The fourth-order valence-electron chi connectivity index (χ4n) is 4.76. The molecule has 0 heterocycles. The summed E-state index contributed by atoms with van der Waals surface area (Å²) in [6.45, 7) is 7.21. The Morgan fingerprint density at radius 2 is 1.51 bits per heavy atom. The first-order chi connectivity index (χ1) is 19.9. The van der Waals surface area contributed by atoms with Gasteiger partial charge in [0.15, 0.2) is 0 Å². The molecule has 4 rings (SSSR count). The maximum atomic E-state index is 13.6. The number of halogens is 5. The highest BCUT2D eigenvalue weighted by atomic mass is 35.5. The summed E-state index contributed by atoms with van der Waals surface area (Å²) in [5, 5.41) is 3.81. The summed E-state index contributed by atoms with van der Waals surface area (Å²) in [5.74, 6) is -2.13. The number of hydrogen-bond donors (Lipinski definition) is 1. The standard InChI is InChI=1S/C31H30Cl5N3O4/c1-16-11-21(38(5)29(42)43-30(2,3)4)8-10-24(16)39(6)28(41)22-15-20(7-9-23(22)34)37-27(40)26-25(31(26,35)36)17-12-18(32)14-19(33)13-17/h7-15,25-26H,1-6H3,(H,37,40). The molecule has 1 aliphatic carbocycles. The number of amides is 3. The van der Waals surface area contributed by atoms with Crippen LogP contribution in [-0.2, 0) is 9.53 Å². The van der Waals surface area contributed by atoms with Crippen LogP contribution in [0.15, 0.2) is 54.6 Å². The van der Waals surface area contributed by atoms with Gasteiger partial charge in [0.25, 0.3) is 5.91 Å². The topological polar surface area (TPSA) is 79.0 Å². The lowest BCUT2D eigenvalue weighted by Crippen LogP contribution is -2.34. The highest BCUT2D eigenvalue weighted by molar-refractivity contribution is 6.53. The van der Waals surface area contributed by atoms with E-state index in [-0.39, 0.29) is 10.6 Å². The van der Waals surface area contributed by atoms with Crippen LogP contribution in [0.2, 0.25) is 15.1 Å². The van der Waals surface area contributed by atoms with Crippen LogP contribution in [0.3, 0.4) is 0 Å². The number of aryl methyl sites for hydroxylation is 1. The smallest absolute Gasteiger partial charge is 0.414 e. The zero-order valence-electron chi connectivity index (χ0n) is 24.3. The number of carbonyl (C=O) groups is 3. The lowest BCUT2D eigenvalue weighted by atomic mass is 10.1. The van der Waals surface area contributed by atoms with Gasteiger partial charge in [-0.3, -0.25) is 14.5 Å². The molecule has 2 unspecified atom stereocenters. The zero-order chi connectivity index (χ0) is 32.0. The van der Waals surface area contributed by atoms with Crippen molar-refractivity contribution in [2.24, 2.45) is 5.92 Å². The number of hydrogen-bond acceptors (Lipinski definition) is 4. The Morgan fingerprint density at radius 3 is 2.09 bits per heavy atom. The largest absolute Gasteiger partial charge is 0.443 e. The predicted molar refractivity (Wildman–Crippen MR) is 176 cm³/mol. The summed E-state index contributed by atoms with van der Waals surface area (Å²) in [6, 6.07) is 14.8. The molecule has 1 saturated carbocycles. The molecule has 1 fully saturated rings. The molecule has 1 N–H and O–H groups in total. The molecular weight excluding hydrogens is 656 g/mol.